The number of nitrogens with zero attached hydrogens (tertiary/aromatic N) is 1. The smallest absolute Gasteiger partial charge is 0.407 e. The zero-order valence-electron chi connectivity index (χ0n) is 13.6. The van der Waals surface area contributed by atoms with Gasteiger partial charge in [-0.15, -0.1) is 0 Å². The van der Waals surface area contributed by atoms with Crippen LogP contribution in [0.3, 0.4) is 0 Å². The lowest BCUT2D eigenvalue weighted by molar-refractivity contribution is 0.0534. The van der Waals surface area contributed by atoms with Crippen molar-refractivity contribution in [2.45, 2.75) is 45.3 Å². The number of aryl methyl sites for hydroxylation is 1. The molecule has 0 saturated heterocycles. The Morgan fingerprint density at radius 3 is 2.95 bits per heavy atom. The van der Waals surface area contributed by atoms with Crippen molar-refractivity contribution in [2.75, 3.05) is 13.1 Å². The first-order valence-electron chi connectivity index (χ1n) is 7.75. The summed E-state index contributed by atoms with van der Waals surface area (Å²) in [5.41, 5.74) is 2.05. The summed E-state index contributed by atoms with van der Waals surface area (Å²) in [4.78, 5) is 15.9. The van der Waals surface area contributed by atoms with Gasteiger partial charge in [0.25, 0.3) is 0 Å². The Bertz CT molecular complexity index is 535. The number of carbonyl (C=O) groups excluding carboxylic acids is 1. The van der Waals surface area contributed by atoms with E-state index in [-0.39, 0.29) is 6.09 Å². The quantitative estimate of drug-likeness (QED) is 0.821. The molecule has 1 aliphatic carbocycles. The summed E-state index contributed by atoms with van der Waals surface area (Å²) in [6, 6.07) is 4.47. The number of hydrogen-bond acceptors (Lipinski definition) is 4. The first-order valence-corrected chi connectivity index (χ1v) is 7.75. The number of rotatable bonds is 5. The Morgan fingerprint density at radius 2 is 2.18 bits per heavy atom. The van der Waals surface area contributed by atoms with Crippen LogP contribution in [0.15, 0.2) is 30.5 Å². The van der Waals surface area contributed by atoms with Gasteiger partial charge in [0.05, 0.1) is 11.7 Å². The van der Waals surface area contributed by atoms with Crippen LogP contribution in [0.2, 0.25) is 0 Å². The van der Waals surface area contributed by atoms with Gasteiger partial charge in [-0.1, -0.05) is 18.2 Å². The molecule has 5 nitrogen and oxygen atoms in total. The minimum atomic E-state index is -0.460. The zero-order chi connectivity index (χ0) is 16.0. The third-order valence-electron chi connectivity index (χ3n) is 3.37. The number of aromatic nitrogens is 1. The first-order chi connectivity index (χ1) is 10.5. The van der Waals surface area contributed by atoms with Gasteiger partial charge < -0.3 is 15.4 Å². The fourth-order valence-electron chi connectivity index (χ4n) is 2.44. The molecular formula is C17H25N3O2. The van der Waals surface area contributed by atoms with E-state index in [1.165, 1.54) is 11.3 Å². The second kappa shape index (κ2) is 7.40. The molecule has 22 heavy (non-hydrogen) atoms. The normalized spacial score (nSPS) is 17.5. The minimum absolute atomic E-state index is 0.333. The average molecular weight is 303 g/mol. The number of carbonyl (C=O) groups is 1. The molecule has 0 aliphatic heterocycles. The fraction of sp³-hybridized carbons (Fsp3) is 0.529. The Balaban J connectivity index is 1.64. The number of pyridine rings is 1. The number of fused-ring (bicyclic) bond motifs is 1. The summed E-state index contributed by atoms with van der Waals surface area (Å²) in [6.45, 7) is 6.77. The maximum atomic E-state index is 11.4. The standard InChI is InChI=1S/C17H25N3O2/c1-17(2,3)22-16(21)20-11-5-4-10-18-14-9-8-13-7-6-12-19-15(13)14/h4-7,12,14,18H,8-11H2,1-3H3,(H,20,21)/b5-4+. The molecule has 1 aliphatic rings. The molecule has 1 heterocycles. The third kappa shape index (κ3) is 5.15. The van der Waals surface area contributed by atoms with Crippen LogP contribution in [0.4, 0.5) is 4.79 Å². The van der Waals surface area contributed by atoms with Crippen molar-refractivity contribution < 1.29 is 9.53 Å². The Morgan fingerprint density at radius 1 is 1.41 bits per heavy atom. The van der Waals surface area contributed by atoms with Gasteiger partial charge in [0.15, 0.2) is 0 Å². The molecule has 1 unspecified atom stereocenters. The summed E-state index contributed by atoms with van der Waals surface area (Å²) in [5, 5.41) is 6.17. The second-order valence-electron chi connectivity index (χ2n) is 6.40. The van der Waals surface area contributed by atoms with Gasteiger partial charge in [-0.05, 0) is 45.2 Å². The largest absolute Gasteiger partial charge is 0.444 e. The summed E-state index contributed by atoms with van der Waals surface area (Å²) in [5.74, 6) is 0. The van der Waals surface area contributed by atoms with Crippen LogP contribution < -0.4 is 10.6 Å². The number of amides is 1. The molecule has 0 radical (unpaired) electrons. The van der Waals surface area contributed by atoms with E-state index >= 15 is 0 Å². The fourth-order valence-corrected chi connectivity index (χ4v) is 2.44. The molecule has 0 saturated carbocycles. The number of nitrogens with one attached hydrogen (secondary N) is 2. The molecular weight excluding hydrogens is 278 g/mol. The maximum absolute atomic E-state index is 11.4. The van der Waals surface area contributed by atoms with Gasteiger partial charge in [-0.2, -0.15) is 0 Å². The van der Waals surface area contributed by atoms with Crippen molar-refractivity contribution in [1.29, 1.82) is 0 Å². The monoisotopic (exact) mass is 303 g/mol. The van der Waals surface area contributed by atoms with Gasteiger partial charge >= 0.3 is 6.09 Å². The molecule has 1 amide bonds. The molecule has 0 aromatic carbocycles. The van der Waals surface area contributed by atoms with Gasteiger partial charge in [0.2, 0.25) is 0 Å². The number of hydrogen-bond donors (Lipinski definition) is 2. The summed E-state index contributed by atoms with van der Waals surface area (Å²) in [6.07, 6.45) is 7.57. The van der Waals surface area contributed by atoms with E-state index in [4.69, 9.17) is 4.74 Å². The van der Waals surface area contributed by atoms with E-state index < -0.39 is 5.60 Å². The molecule has 0 bridgehead atoms. The van der Waals surface area contributed by atoms with E-state index in [1.54, 1.807) is 0 Å². The molecule has 2 N–H and O–H groups in total. The Hall–Kier alpha value is -1.88. The third-order valence-corrected chi connectivity index (χ3v) is 3.37. The second-order valence-corrected chi connectivity index (χ2v) is 6.40. The summed E-state index contributed by atoms with van der Waals surface area (Å²) < 4.78 is 5.16. The SMILES string of the molecule is CC(C)(C)OC(=O)NC/C=C/CNC1CCc2cccnc21. The van der Waals surface area contributed by atoms with Crippen molar-refractivity contribution in [3.63, 3.8) is 0 Å². The van der Waals surface area contributed by atoms with Crippen molar-refractivity contribution in [1.82, 2.24) is 15.6 Å². The van der Waals surface area contributed by atoms with Crippen molar-refractivity contribution in [3.8, 4) is 0 Å². The van der Waals surface area contributed by atoms with Crippen molar-refractivity contribution in [3.05, 3.63) is 41.7 Å². The maximum Gasteiger partial charge on any atom is 0.407 e. The molecule has 1 aromatic heterocycles. The average Bonchev–Trinajstić information content (AvgIpc) is 2.84. The van der Waals surface area contributed by atoms with E-state index in [1.807, 2.05) is 45.2 Å². The molecule has 2 rings (SSSR count). The molecule has 1 atom stereocenters. The number of ether oxygens (including phenoxy) is 1. The zero-order valence-corrected chi connectivity index (χ0v) is 13.6. The summed E-state index contributed by atoms with van der Waals surface area (Å²) in [7, 11) is 0. The molecule has 0 fully saturated rings. The van der Waals surface area contributed by atoms with Crippen LogP contribution in [0.5, 0.6) is 0 Å². The van der Waals surface area contributed by atoms with Crippen LogP contribution in [-0.4, -0.2) is 29.8 Å². The van der Waals surface area contributed by atoms with Crippen molar-refractivity contribution in [2.24, 2.45) is 0 Å². The van der Waals surface area contributed by atoms with Crippen LogP contribution >= 0.6 is 0 Å². The molecule has 0 spiro atoms. The highest BCUT2D eigenvalue weighted by Gasteiger charge is 2.22. The first kappa shape index (κ1) is 16.5. The molecule has 1 aromatic rings. The summed E-state index contributed by atoms with van der Waals surface area (Å²) >= 11 is 0. The van der Waals surface area contributed by atoms with Crippen LogP contribution in [0.1, 0.15) is 44.5 Å². The van der Waals surface area contributed by atoms with Gasteiger partial charge in [0, 0.05) is 19.3 Å². The van der Waals surface area contributed by atoms with Crippen molar-refractivity contribution >= 4 is 6.09 Å². The molecule has 5 heteroatoms. The lowest BCUT2D eigenvalue weighted by Gasteiger charge is -2.19. The topological polar surface area (TPSA) is 63.2 Å². The highest BCUT2D eigenvalue weighted by Crippen LogP contribution is 2.28. The van der Waals surface area contributed by atoms with Gasteiger partial charge in [0.1, 0.15) is 5.60 Å². The van der Waals surface area contributed by atoms with E-state index in [0.29, 0.717) is 12.6 Å². The molecule has 120 valence electrons. The number of alkyl carbamates (subject to hydrolysis) is 1. The van der Waals surface area contributed by atoms with E-state index in [9.17, 15) is 4.79 Å². The lowest BCUT2D eigenvalue weighted by atomic mass is 10.2. The highest BCUT2D eigenvalue weighted by molar-refractivity contribution is 5.67. The van der Waals surface area contributed by atoms with E-state index in [0.717, 1.165) is 19.4 Å². The predicted molar refractivity (Wildman–Crippen MR) is 86.7 cm³/mol. The van der Waals surface area contributed by atoms with Crippen LogP contribution in [-0.2, 0) is 11.2 Å². The van der Waals surface area contributed by atoms with Gasteiger partial charge in [-0.25, -0.2) is 4.79 Å². The predicted octanol–water partition coefficient (Wildman–Crippen LogP) is 2.74. The van der Waals surface area contributed by atoms with Gasteiger partial charge in [-0.3, -0.25) is 4.98 Å². The highest BCUT2D eigenvalue weighted by atomic mass is 16.6. The van der Waals surface area contributed by atoms with Crippen LogP contribution in [0, 0.1) is 0 Å². The minimum Gasteiger partial charge on any atom is -0.444 e. The van der Waals surface area contributed by atoms with E-state index in [2.05, 4.69) is 21.7 Å². The van der Waals surface area contributed by atoms with Crippen LogP contribution in [0.25, 0.3) is 0 Å². The Labute approximate surface area is 132 Å². The Kier molecular flexibility index (Phi) is 5.55. The lowest BCUT2D eigenvalue weighted by Crippen LogP contribution is -2.32.